The number of nitrogens with one attached hydrogen (secondary N) is 1. The lowest BCUT2D eigenvalue weighted by atomic mass is 9.92. The van der Waals surface area contributed by atoms with Gasteiger partial charge in [-0.3, -0.25) is 4.79 Å². The van der Waals surface area contributed by atoms with Crippen molar-refractivity contribution in [2.24, 2.45) is 5.73 Å². The van der Waals surface area contributed by atoms with Crippen molar-refractivity contribution in [1.82, 2.24) is 15.1 Å². The highest BCUT2D eigenvalue weighted by Gasteiger charge is 2.32. The number of amides is 1. The van der Waals surface area contributed by atoms with E-state index in [1.165, 1.54) is 0 Å². The second-order valence-corrected chi connectivity index (χ2v) is 5.96. The van der Waals surface area contributed by atoms with Crippen LogP contribution in [-0.4, -0.2) is 68.1 Å². The molecule has 0 aromatic heterocycles. The van der Waals surface area contributed by atoms with Gasteiger partial charge in [0.15, 0.2) is 0 Å². The van der Waals surface area contributed by atoms with Gasteiger partial charge in [-0.1, -0.05) is 6.92 Å². The van der Waals surface area contributed by atoms with Crippen LogP contribution in [0.2, 0.25) is 0 Å². The van der Waals surface area contributed by atoms with Gasteiger partial charge in [-0.05, 0) is 54.4 Å². The molecule has 1 amide bonds. The van der Waals surface area contributed by atoms with Crippen molar-refractivity contribution in [3.8, 4) is 0 Å². The molecule has 0 spiro atoms. The van der Waals surface area contributed by atoms with Gasteiger partial charge in [-0.15, -0.1) is 0 Å². The van der Waals surface area contributed by atoms with Gasteiger partial charge in [0.25, 0.3) is 0 Å². The van der Waals surface area contributed by atoms with Crippen molar-refractivity contribution >= 4 is 5.91 Å². The Kier molecular flexibility index (Phi) is 8.22. The van der Waals surface area contributed by atoms with Crippen molar-refractivity contribution in [3.63, 3.8) is 0 Å². The molecule has 0 saturated carbocycles. The lowest BCUT2D eigenvalue weighted by Crippen LogP contribution is -2.56. The highest BCUT2D eigenvalue weighted by Crippen LogP contribution is 2.15. The molecule has 0 radical (unpaired) electrons. The molecule has 0 aromatic carbocycles. The zero-order chi connectivity index (χ0) is 15.1. The van der Waals surface area contributed by atoms with E-state index in [-0.39, 0.29) is 5.91 Å². The highest BCUT2D eigenvalue weighted by molar-refractivity contribution is 5.84. The summed E-state index contributed by atoms with van der Waals surface area (Å²) in [5.74, 6) is -0.270. The number of nitrogens with two attached hydrogens (primary N) is 1. The van der Waals surface area contributed by atoms with Gasteiger partial charge in [0, 0.05) is 19.1 Å². The average Bonchev–Trinajstić information content (AvgIpc) is 2.32. The summed E-state index contributed by atoms with van der Waals surface area (Å²) >= 11 is 0. The zero-order valence-electron chi connectivity index (χ0n) is 13.5. The topological polar surface area (TPSA) is 61.6 Å². The maximum Gasteiger partial charge on any atom is 0.237 e. The normalized spacial score (nSPS) is 16.6. The van der Waals surface area contributed by atoms with E-state index >= 15 is 0 Å². The monoisotopic (exact) mass is 272 g/mol. The molecule has 0 aromatic rings. The van der Waals surface area contributed by atoms with E-state index in [0.717, 1.165) is 32.5 Å². The lowest BCUT2D eigenvalue weighted by molar-refractivity contribution is -0.124. The Morgan fingerprint density at radius 3 is 2.32 bits per heavy atom. The number of likely N-dealkylation sites (N-methyl/N-ethyl adjacent to an activating group) is 2. The van der Waals surface area contributed by atoms with Crippen molar-refractivity contribution < 1.29 is 4.79 Å². The summed E-state index contributed by atoms with van der Waals surface area (Å²) in [7, 11) is 6.22. The van der Waals surface area contributed by atoms with Crippen LogP contribution in [0, 0.1) is 0 Å². The maximum absolute atomic E-state index is 11.7. The highest BCUT2D eigenvalue weighted by atomic mass is 16.1. The first kappa shape index (κ1) is 18.4. The minimum absolute atomic E-state index is 0.270. The van der Waals surface area contributed by atoms with E-state index in [1.807, 2.05) is 6.92 Å². The number of hydrogen-bond donors (Lipinski definition) is 2. The third-order valence-electron chi connectivity index (χ3n) is 3.67. The van der Waals surface area contributed by atoms with Gasteiger partial charge in [-0.25, -0.2) is 0 Å². The standard InChI is InChI=1S/C14H32N4O/c1-7-8-16-14(3,13(15)19)11-12(2)18(6)10-9-17(4)5/h12,16H,7-11H2,1-6H3,(H2,15,19). The Hall–Kier alpha value is -0.650. The second kappa shape index (κ2) is 8.51. The summed E-state index contributed by atoms with van der Waals surface area (Å²) in [6.45, 7) is 8.94. The zero-order valence-corrected chi connectivity index (χ0v) is 13.5. The van der Waals surface area contributed by atoms with Crippen molar-refractivity contribution in [2.45, 2.75) is 45.2 Å². The fourth-order valence-corrected chi connectivity index (χ4v) is 1.99. The number of hydrogen-bond acceptors (Lipinski definition) is 4. The van der Waals surface area contributed by atoms with E-state index < -0.39 is 5.54 Å². The number of carbonyl (C=O) groups excluding carboxylic acids is 1. The fraction of sp³-hybridized carbons (Fsp3) is 0.929. The largest absolute Gasteiger partial charge is 0.368 e. The van der Waals surface area contributed by atoms with Crippen LogP contribution in [0.25, 0.3) is 0 Å². The van der Waals surface area contributed by atoms with E-state index in [1.54, 1.807) is 0 Å². The third-order valence-corrected chi connectivity index (χ3v) is 3.67. The molecule has 0 saturated heterocycles. The van der Waals surface area contributed by atoms with Crippen LogP contribution in [0.3, 0.4) is 0 Å². The van der Waals surface area contributed by atoms with Gasteiger partial charge in [0.2, 0.25) is 5.91 Å². The summed E-state index contributed by atoms with van der Waals surface area (Å²) in [6, 6.07) is 0.307. The molecule has 0 fully saturated rings. The summed E-state index contributed by atoms with van der Waals surface area (Å²) in [5, 5.41) is 3.28. The maximum atomic E-state index is 11.7. The Morgan fingerprint density at radius 1 is 1.32 bits per heavy atom. The second-order valence-electron chi connectivity index (χ2n) is 5.96. The minimum atomic E-state index is -0.623. The van der Waals surface area contributed by atoms with Crippen LogP contribution in [0.15, 0.2) is 0 Å². The SMILES string of the molecule is CCCNC(C)(CC(C)N(C)CCN(C)C)C(N)=O. The predicted molar refractivity (Wildman–Crippen MR) is 81.2 cm³/mol. The number of carbonyl (C=O) groups is 1. The van der Waals surface area contributed by atoms with Crippen LogP contribution in [0.1, 0.15) is 33.6 Å². The Labute approximate surface area is 118 Å². The summed E-state index contributed by atoms with van der Waals surface area (Å²) in [4.78, 5) is 16.1. The number of rotatable bonds is 10. The molecule has 19 heavy (non-hydrogen) atoms. The molecule has 114 valence electrons. The predicted octanol–water partition coefficient (Wildman–Crippen LogP) is 0.502. The van der Waals surface area contributed by atoms with Crippen molar-refractivity contribution in [1.29, 1.82) is 0 Å². The van der Waals surface area contributed by atoms with E-state index in [9.17, 15) is 4.79 Å². The Balaban J connectivity index is 4.45. The van der Waals surface area contributed by atoms with Gasteiger partial charge < -0.3 is 20.9 Å². The molecule has 2 atom stereocenters. The molecular formula is C14H32N4O. The third kappa shape index (κ3) is 6.89. The van der Waals surface area contributed by atoms with Crippen LogP contribution in [0.4, 0.5) is 0 Å². The van der Waals surface area contributed by atoms with E-state index in [4.69, 9.17) is 5.73 Å². The first-order valence-corrected chi connectivity index (χ1v) is 7.12. The fourth-order valence-electron chi connectivity index (χ4n) is 1.99. The van der Waals surface area contributed by atoms with Crippen LogP contribution >= 0.6 is 0 Å². The Bertz CT molecular complexity index is 270. The molecule has 0 aliphatic carbocycles. The molecule has 0 heterocycles. The number of primary amides is 1. The van der Waals surface area contributed by atoms with Crippen molar-refractivity contribution in [2.75, 3.05) is 40.8 Å². The van der Waals surface area contributed by atoms with Crippen LogP contribution in [-0.2, 0) is 4.79 Å². The number of nitrogens with zero attached hydrogens (tertiary/aromatic N) is 2. The van der Waals surface area contributed by atoms with Crippen LogP contribution in [0.5, 0.6) is 0 Å². The lowest BCUT2D eigenvalue weighted by Gasteiger charge is -2.34. The molecule has 5 nitrogen and oxygen atoms in total. The summed E-state index contributed by atoms with van der Waals surface area (Å²) in [5.41, 5.74) is 4.93. The quantitative estimate of drug-likeness (QED) is 0.608. The summed E-state index contributed by atoms with van der Waals surface area (Å²) in [6.07, 6.45) is 1.72. The minimum Gasteiger partial charge on any atom is -0.368 e. The molecule has 2 unspecified atom stereocenters. The first-order chi connectivity index (χ1) is 8.73. The first-order valence-electron chi connectivity index (χ1n) is 7.12. The summed E-state index contributed by atoms with van der Waals surface area (Å²) < 4.78 is 0. The van der Waals surface area contributed by atoms with Gasteiger partial charge in [0.05, 0.1) is 5.54 Å². The van der Waals surface area contributed by atoms with Gasteiger partial charge in [0.1, 0.15) is 0 Å². The molecule has 0 bridgehead atoms. The van der Waals surface area contributed by atoms with E-state index in [0.29, 0.717) is 6.04 Å². The smallest absolute Gasteiger partial charge is 0.237 e. The molecular weight excluding hydrogens is 240 g/mol. The molecule has 5 heteroatoms. The Morgan fingerprint density at radius 2 is 1.89 bits per heavy atom. The molecule has 0 aliphatic rings. The van der Waals surface area contributed by atoms with Crippen molar-refractivity contribution in [3.05, 3.63) is 0 Å². The molecule has 0 rings (SSSR count). The molecule has 0 aliphatic heterocycles. The van der Waals surface area contributed by atoms with Crippen LogP contribution < -0.4 is 11.1 Å². The van der Waals surface area contributed by atoms with E-state index in [2.05, 4.69) is 50.1 Å². The van der Waals surface area contributed by atoms with Gasteiger partial charge in [-0.2, -0.15) is 0 Å². The molecule has 3 N–H and O–H groups in total. The average molecular weight is 272 g/mol. The van der Waals surface area contributed by atoms with Gasteiger partial charge >= 0.3 is 0 Å².